The maximum Gasteiger partial charge on any atom is 0.266 e. The maximum atomic E-state index is 12.5. The molecule has 1 saturated heterocycles. The van der Waals surface area contributed by atoms with Gasteiger partial charge in [0.1, 0.15) is 15.8 Å². The Hall–Kier alpha value is -2.71. The van der Waals surface area contributed by atoms with Crippen molar-refractivity contribution >= 4 is 40.3 Å². The Labute approximate surface area is 192 Å². The standard InChI is InChI=1S/C23H25NO5S2/c1-4-24-22(25)20(31-23(24)30)14-16-8-5-11-19(27-3)21(16)29-13-7-12-28-18-10-6-9-17(15-18)26-2/h5-6,8-11,14-15H,4,7,12-13H2,1-3H3. The fraction of sp³-hybridized carbons (Fsp3) is 0.304. The van der Waals surface area contributed by atoms with E-state index in [4.69, 9.17) is 31.2 Å². The number of thioether (sulfide) groups is 1. The second kappa shape index (κ2) is 11.1. The first-order chi connectivity index (χ1) is 15.1. The fourth-order valence-corrected chi connectivity index (χ4v) is 4.36. The summed E-state index contributed by atoms with van der Waals surface area (Å²) in [4.78, 5) is 14.7. The van der Waals surface area contributed by atoms with Crippen molar-refractivity contribution < 1.29 is 23.7 Å². The van der Waals surface area contributed by atoms with Gasteiger partial charge in [-0.2, -0.15) is 0 Å². The smallest absolute Gasteiger partial charge is 0.266 e. The SMILES string of the molecule is CCN1C(=O)C(=Cc2cccc(OC)c2OCCCOc2cccc(OC)c2)SC1=S. The Kier molecular flexibility index (Phi) is 8.20. The Balaban J connectivity index is 1.65. The highest BCUT2D eigenvalue weighted by molar-refractivity contribution is 8.26. The minimum absolute atomic E-state index is 0.0852. The summed E-state index contributed by atoms with van der Waals surface area (Å²) in [6, 6.07) is 13.1. The molecule has 0 aromatic heterocycles. The molecule has 0 unspecified atom stereocenters. The zero-order valence-corrected chi connectivity index (χ0v) is 19.4. The fourth-order valence-electron chi connectivity index (χ4n) is 2.99. The third-order valence-corrected chi connectivity index (χ3v) is 5.93. The number of rotatable bonds is 10. The lowest BCUT2D eigenvalue weighted by Crippen LogP contribution is -2.27. The predicted octanol–water partition coefficient (Wildman–Crippen LogP) is 4.77. The Morgan fingerprint density at radius 1 is 1.03 bits per heavy atom. The van der Waals surface area contributed by atoms with E-state index in [0.29, 0.717) is 46.9 Å². The predicted molar refractivity (Wildman–Crippen MR) is 127 cm³/mol. The first-order valence-electron chi connectivity index (χ1n) is 9.89. The summed E-state index contributed by atoms with van der Waals surface area (Å²) in [5.41, 5.74) is 0.768. The number of ether oxygens (including phenoxy) is 4. The van der Waals surface area contributed by atoms with Gasteiger partial charge in [-0.25, -0.2) is 0 Å². The second-order valence-electron chi connectivity index (χ2n) is 6.53. The third kappa shape index (κ3) is 5.71. The van der Waals surface area contributed by atoms with E-state index < -0.39 is 0 Å². The maximum absolute atomic E-state index is 12.5. The van der Waals surface area contributed by atoms with Crippen molar-refractivity contribution in [1.82, 2.24) is 4.90 Å². The minimum atomic E-state index is -0.0852. The van der Waals surface area contributed by atoms with Crippen LogP contribution in [0.3, 0.4) is 0 Å². The molecule has 1 aliphatic rings. The molecule has 0 atom stereocenters. The number of carbonyl (C=O) groups excluding carboxylic acids is 1. The summed E-state index contributed by atoms with van der Waals surface area (Å²) in [5.74, 6) is 2.61. The van der Waals surface area contributed by atoms with Crippen LogP contribution < -0.4 is 18.9 Å². The molecule has 1 amide bonds. The molecule has 1 aliphatic heterocycles. The van der Waals surface area contributed by atoms with Crippen LogP contribution in [-0.2, 0) is 4.79 Å². The largest absolute Gasteiger partial charge is 0.497 e. The van der Waals surface area contributed by atoms with E-state index in [1.165, 1.54) is 11.8 Å². The number of methoxy groups -OCH3 is 2. The van der Waals surface area contributed by atoms with Crippen molar-refractivity contribution in [3.05, 3.63) is 52.9 Å². The number of carbonyl (C=O) groups is 1. The first-order valence-corrected chi connectivity index (χ1v) is 11.1. The van der Waals surface area contributed by atoms with Gasteiger partial charge in [0.2, 0.25) is 0 Å². The average molecular weight is 460 g/mol. The Morgan fingerprint density at radius 2 is 1.77 bits per heavy atom. The van der Waals surface area contributed by atoms with Crippen LogP contribution in [0.4, 0.5) is 0 Å². The molecule has 2 aromatic carbocycles. The molecular weight excluding hydrogens is 434 g/mol. The molecule has 0 N–H and O–H groups in total. The van der Waals surface area contributed by atoms with Crippen LogP contribution in [-0.4, -0.2) is 49.1 Å². The van der Waals surface area contributed by atoms with Crippen LogP contribution in [0.2, 0.25) is 0 Å². The second-order valence-corrected chi connectivity index (χ2v) is 8.21. The molecule has 8 heteroatoms. The summed E-state index contributed by atoms with van der Waals surface area (Å²) in [7, 11) is 3.21. The van der Waals surface area contributed by atoms with Gasteiger partial charge in [-0.15, -0.1) is 0 Å². The van der Waals surface area contributed by atoms with E-state index in [0.717, 1.165) is 17.1 Å². The molecule has 0 bridgehead atoms. The number of thiocarbonyl (C=S) groups is 1. The van der Waals surface area contributed by atoms with Crippen LogP contribution in [0.15, 0.2) is 47.4 Å². The van der Waals surface area contributed by atoms with E-state index in [-0.39, 0.29) is 5.91 Å². The van der Waals surface area contributed by atoms with Crippen LogP contribution in [0.1, 0.15) is 18.9 Å². The highest BCUT2D eigenvalue weighted by atomic mass is 32.2. The van der Waals surface area contributed by atoms with E-state index >= 15 is 0 Å². The number of likely N-dealkylation sites (N-methyl/N-ethyl adjacent to an activating group) is 1. The molecule has 31 heavy (non-hydrogen) atoms. The van der Waals surface area contributed by atoms with Gasteiger partial charge in [0.05, 0.1) is 32.3 Å². The Morgan fingerprint density at radius 3 is 2.48 bits per heavy atom. The van der Waals surface area contributed by atoms with Crippen molar-refractivity contribution in [2.75, 3.05) is 34.0 Å². The van der Waals surface area contributed by atoms with Gasteiger partial charge in [-0.05, 0) is 31.2 Å². The van der Waals surface area contributed by atoms with Crippen molar-refractivity contribution in [2.24, 2.45) is 0 Å². The van der Waals surface area contributed by atoms with Gasteiger partial charge in [0.15, 0.2) is 11.5 Å². The van der Waals surface area contributed by atoms with Crippen LogP contribution >= 0.6 is 24.0 Å². The molecule has 0 radical (unpaired) electrons. The Bertz CT molecular complexity index is 976. The monoisotopic (exact) mass is 459 g/mol. The number of amides is 1. The number of hydrogen-bond acceptors (Lipinski definition) is 7. The van der Waals surface area contributed by atoms with Crippen LogP contribution in [0.5, 0.6) is 23.0 Å². The highest BCUT2D eigenvalue weighted by Gasteiger charge is 2.31. The van der Waals surface area contributed by atoms with Gasteiger partial charge >= 0.3 is 0 Å². The summed E-state index contributed by atoms with van der Waals surface area (Å²) < 4.78 is 23.0. The lowest BCUT2D eigenvalue weighted by Gasteiger charge is -2.14. The molecule has 0 aliphatic carbocycles. The molecule has 164 valence electrons. The average Bonchev–Trinajstić information content (AvgIpc) is 3.06. The van der Waals surface area contributed by atoms with E-state index in [1.54, 1.807) is 25.2 Å². The van der Waals surface area contributed by atoms with Crippen LogP contribution in [0, 0.1) is 0 Å². The van der Waals surface area contributed by atoms with Gasteiger partial charge in [0, 0.05) is 24.6 Å². The van der Waals surface area contributed by atoms with Gasteiger partial charge < -0.3 is 18.9 Å². The number of para-hydroxylation sites is 1. The third-order valence-electron chi connectivity index (χ3n) is 4.55. The van der Waals surface area contributed by atoms with Gasteiger partial charge in [-0.1, -0.05) is 42.2 Å². The van der Waals surface area contributed by atoms with E-state index in [9.17, 15) is 4.79 Å². The zero-order chi connectivity index (χ0) is 22.2. The molecule has 6 nitrogen and oxygen atoms in total. The normalized spacial score (nSPS) is 14.8. The molecular formula is C23H25NO5S2. The molecule has 0 spiro atoms. The van der Waals surface area contributed by atoms with Crippen LogP contribution in [0.25, 0.3) is 6.08 Å². The minimum Gasteiger partial charge on any atom is -0.497 e. The highest BCUT2D eigenvalue weighted by Crippen LogP contribution is 2.37. The van der Waals surface area contributed by atoms with Gasteiger partial charge in [0.25, 0.3) is 5.91 Å². The molecule has 2 aromatic rings. The van der Waals surface area contributed by atoms with Crippen molar-refractivity contribution in [2.45, 2.75) is 13.3 Å². The van der Waals surface area contributed by atoms with Crippen molar-refractivity contribution in [3.8, 4) is 23.0 Å². The lowest BCUT2D eigenvalue weighted by molar-refractivity contribution is -0.121. The molecule has 0 saturated carbocycles. The molecule has 1 fully saturated rings. The summed E-state index contributed by atoms with van der Waals surface area (Å²) in [6.45, 7) is 3.38. The molecule has 1 heterocycles. The summed E-state index contributed by atoms with van der Waals surface area (Å²) >= 11 is 6.59. The van der Waals surface area contributed by atoms with Crippen molar-refractivity contribution in [3.63, 3.8) is 0 Å². The topological polar surface area (TPSA) is 57.2 Å². The van der Waals surface area contributed by atoms with E-state index in [2.05, 4.69) is 0 Å². The molecule has 3 rings (SSSR count). The quantitative estimate of drug-likeness (QED) is 0.288. The summed E-state index contributed by atoms with van der Waals surface area (Å²) in [6.07, 6.45) is 2.48. The van der Waals surface area contributed by atoms with Crippen molar-refractivity contribution in [1.29, 1.82) is 0 Å². The number of nitrogens with zero attached hydrogens (tertiary/aromatic N) is 1. The lowest BCUT2D eigenvalue weighted by atomic mass is 10.1. The number of benzene rings is 2. The number of hydrogen-bond donors (Lipinski definition) is 0. The zero-order valence-electron chi connectivity index (χ0n) is 17.8. The summed E-state index contributed by atoms with van der Waals surface area (Å²) in [5, 5.41) is 0. The van der Waals surface area contributed by atoms with E-state index in [1.807, 2.05) is 49.4 Å². The first kappa shape index (κ1) is 23.0. The van der Waals surface area contributed by atoms with Gasteiger partial charge in [-0.3, -0.25) is 9.69 Å².